The zero-order valence-corrected chi connectivity index (χ0v) is 8.59. The van der Waals surface area contributed by atoms with Crippen molar-refractivity contribution >= 4 is 0 Å². The number of rotatable bonds is 2. The summed E-state index contributed by atoms with van der Waals surface area (Å²) in [4.78, 5) is 2.58. The Morgan fingerprint density at radius 1 is 1.17 bits per heavy atom. The van der Waals surface area contributed by atoms with E-state index in [1.54, 1.807) is 0 Å². The molecule has 1 heterocycles. The molecule has 12 heavy (non-hydrogen) atoms. The molecular formula is C11H21N. The van der Waals surface area contributed by atoms with Gasteiger partial charge in [0.25, 0.3) is 0 Å². The maximum atomic E-state index is 2.58. The third-order valence-corrected chi connectivity index (χ3v) is 3.69. The molecule has 1 heteroatoms. The third kappa shape index (κ3) is 1.52. The van der Waals surface area contributed by atoms with E-state index in [4.69, 9.17) is 0 Å². The lowest BCUT2D eigenvalue weighted by atomic mass is 9.95. The Morgan fingerprint density at radius 2 is 1.83 bits per heavy atom. The lowest BCUT2D eigenvalue weighted by molar-refractivity contribution is 0.249. The van der Waals surface area contributed by atoms with Crippen molar-refractivity contribution < 1.29 is 0 Å². The predicted molar refractivity (Wildman–Crippen MR) is 52.1 cm³/mol. The standard InChI is InChI=1S/C11H21N/c1-8(2)11-6-10(7-12(11)3)9-4-5-9/h8-11H,4-7H2,1-3H3/t10-,11?/m1/s1. The molecule has 1 nitrogen and oxygen atoms in total. The fraction of sp³-hybridized carbons (Fsp3) is 1.00. The smallest absolute Gasteiger partial charge is 0.0118 e. The highest BCUT2D eigenvalue weighted by atomic mass is 15.2. The topological polar surface area (TPSA) is 3.24 Å². The third-order valence-electron chi connectivity index (χ3n) is 3.69. The summed E-state index contributed by atoms with van der Waals surface area (Å²) in [5.41, 5.74) is 0. The molecule has 2 rings (SSSR count). The molecule has 1 aliphatic carbocycles. The molecule has 70 valence electrons. The molecule has 1 saturated heterocycles. The second kappa shape index (κ2) is 3.02. The van der Waals surface area contributed by atoms with Crippen molar-refractivity contribution in [1.82, 2.24) is 4.90 Å². The average Bonchev–Trinajstić information content (AvgIpc) is 2.75. The molecule has 2 atom stereocenters. The summed E-state index contributed by atoms with van der Waals surface area (Å²) in [5.74, 6) is 3.00. The maximum absolute atomic E-state index is 2.58. The van der Waals surface area contributed by atoms with Gasteiger partial charge in [-0.3, -0.25) is 0 Å². The van der Waals surface area contributed by atoms with Crippen LogP contribution in [0.5, 0.6) is 0 Å². The second-order valence-corrected chi connectivity index (χ2v) is 5.08. The Morgan fingerprint density at radius 3 is 2.25 bits per heavy atom. The minimum atomic E-state index is 0.846. The highest BCUT2D eigenvalue weighted by molar-refractivity contribution is 4.92. The van der Waals surface area contributed by atoms with Crippen molar-refractivity contribution in [2.24, 2.45) is 17.8 Å². The number of likely N-dealkylation sites (tertiary alicyclic amines) is 1. The first kappa shape index (κ1) is 8.55. The summed E-state index contributed by atoms with van der Waals surface area (Å²) in [5, 5.41) is 0. The first-order chi connectivity index (χ1) is 5.68. The molecule has 0 bridgehead atoms. The molecule has 0 amide bonds. The van der Waals surface area contributed by atoms with Crippen LogP contribution in [-0.4, -0.2) is 24.5 Å². The fourth-order valence-electron chi connectivity index (χ4n) is 2.76. The van der Waals surface area contributed by atoms with Gasteiger partial charge < -0.3 is 4.90 Å². The van der Waals surface area contributed by atoms with Gasteiger partial charge in [-0.25, -0.2) is 0 Å². The van der Waals surface area contributed by atoms with Crippen LogP contribution in [0.15, 0.2) is 0 Å². The summed E-state index contributed by atoms with van der Waals surface area (Å²) < 4.78 is 0. The fourth-order valence-corrected chi connectivity index (χ4v) is 2.76. The maximum Gasteiger partial charge on any atom is 0.0118 e. The first-order valence-electron chi connectivity index (χ1n) is 5.38. The molecule has 0 aromatic carbocycles. The van der Waals surface area contributed by atoms with Crippen molar-refractivity contribution in [1.29, 1.82) is 0 Å². The Balaban J connectivity index is 1.92. The van der Waals surface area contributed by atoms with E-state index in [2.05, 4.69) is 25.8 Å². The van der Waals surface area contributed by atoms with Gasteiger partial charge in [0.05, 0.1) is 0 Å². The molecule has 2 aliphatic rings. The Labute approximate surface area is 76.1 Å². The molecule has 0 aromatic rings. The molecule has 0 radical (unpaired) electrons. The monoisotopic (exact) mass is 167 g/mol. The van der Waals surface area contributed by atoms with Crippen molar-refractivity contribution in [3.63, 3.8) is 0 Å². The molecule has 1 saturated carbocycles. The summed E-state index contributed by atoms with van der Waals surface area (Å²) in [6.45, 7) is 6.08. The van der Waals surface area contributed by atoms with Crippen LogP contribution in [-0.2, 0) is 0 Å². The highest BCUT2D eigenvalue weighted by Crippen LogP contribution is 2.43. The zero-order chi connectivity index (χ0) is 8.72. The summed E-state index contributed by atoms with van der Waals surface area (Å²) >= 11 is 0. The minimum absolute atomic E-state index is 0.846. The Kier molecular flexibility index (Phi) is 2.16. The van der Waals surface area contributed by atoms with Crippen LogP contribution in [0.25, 0.3) is 0 Å². The van der Waals surface area contributed by atoms with E-state index >= 15 is 0 Å². The van der Waals surface area contributed by atoms with Gasteiger partial charge in [0.1, 0.15) is 0 Å². The lowest BCUT2D eigenvalue weighted by Crippen LogP contribution is -2.29. The van der Waals surface area contributed by atoms with Crippen LogP contribution in [0.4, 0.5) is 0 Å². The molecule has 1 unspecified atom stereocenters. The Hall–Kier alpha value is -0.0400. The highest BCUT2D eigenvalue weighted by Gasteiger charge is 2.39. The van der Waals surface area contributed by atoms with Crippen LogP contribution >= 0.6 is 0 Å². The van der Waals surface area contributed by atoms with Gasteiger partial charge in [0, 0.05) is 12.6 Å². The van der Waals surface area contributed by atoms with E-state index in [9.17, 15) is 0 Å². The number of nitrogens with zero attached hydrogens (tertiary/aromatic N) is 1. The number of hydrogen-bond acceptors (Lipinski definition) is 1. The van der Waals surface area contributed by atoms with Crippen molar-refractivity contribution in [2.75, 3.05) is 13.6 Å². The molecule has 2 fully saturated rings. The van der Waals surface area contributed by atoms with Gasteiger partial charge >= 0.3 is 0 Å². The van der Waals surface area contributed by atoms with E-state index in [0.717, 1.165) is 23.8 Å². The van der Waals surface area contributed by atoms with E-state index in [1.807, 2.05) is 0 Å². The average molecular weight is 167 g/mol. The summed E-state index contributed by atoms with van der Waals surface area (Å²) in [7, 11) is 2.30. The van der Waals surface area contributed by atoms with Crippen LogP contribution in [0, 0.1) is 17.8 Å². The van der Waals surface area contributed by atoms with Gasteiger partial charge in [-0.1, -0.05) is 13.8 Å². The summed E-state index contributed by atoms with van der Waals surface area (Å²) in [6, 6.07) is 0.871. The first-order valence-corrected chi connectivity index (χ1v) is 5.38. The molecule has 0 N–H and O–H groups in total. The molecular weight excluding hydrogens is 146 g/mol. The van der Waals surface area contributed by atoms with Crippen LogP contribution in [0.2, 0.25) is 0 Å². The number of hydrogen-bond donors (Lipinski definition) is 0. The van der Waals surface area contributed by atoms with Crippen LogP contribution in [0.1, 0.15) is 33.1 Å². The SMILES string of the molecule is CC(C)C1C[C@@H](C2CC2)CN1C. The van der Waals surface area contributed by atoms with Gasteiger partial charge in [-0.2, -0.15) is 0 Å². The van der Waals surface area contributed by atoms with Crippen molar-refractivity contribution in [3.8, 4) is 0 Å². The van der Waals surface area contributed by atoms with Crippen LogP contribution < -0.4 is 0 Å². The lowest BCUT2D eigenvalue weighted by Gasteiger charge is -2.22. The zero-order valence-electron chi connectivity index (χ0n) is 8.59. The van der Waals surface area contributed by atoms with Crippen molar-refractivity contribution in [2.45, 2.75) is 39.2 Å². The van der Waals surface area contributed by atoms with E-state index in [0.29, 0.717) is 0 Å². The normalized spacial score (nSPS) is 38.0. The quantitative estimate of drug-likeness (QED) is 0.610. The van der Waals surface area contributed by atoms with E-state index < -0.39 is 0 Å². The van der Waals surface area contributed by atoms with Gasteiger partial charge in [0.2, 0.25) is 0 Å². The second-order valence-electron chi connectivity index (χ2n) is 5.08. The van der Waals surface area contributed by atoms with Gasteiger partial charge in [-0.05, 0) is 44.1 Å². The van der Waals surface area contributed by atoms with E-state index in [-0.39, 0.29) is 0 Å². The van der Waals surface area contributed by atoms with Gasteiger partial charge in [-0.15, -0.1) is 0 Å². The van der Waals surface area contributed by atoms with Crippen LogP contribution in [0.3, 0.4) is 0 Å². The Bertz CT molecular complexity index is 160. The molecule has 0 aromatic heterocycles. The van der Waals surface area contributed by atoms with Crippen molar-refractivity contribution in [3.05, 3.63) is 0 Å². The minimum Gasteiger partial charge on any atom is -0.303 e. The largest absolute Gasteiger partial charge is 0.303 e. The van der Waals surface area contributed by atoms with Gasteiger partial charge in [0.15, 0.2) is 0 Å². The predicted octanol–water partition coefficient (Wildman–Crippen LogP) is 2.37. The molecule has 0 spiro atoms. The van der Waals surface area contributed by atoms with E-state index in [1.165, 1.54) is 25.8 Å². The molecule has 1 aliphatic heterocycles. The summed E-state index contributed by atoms with van der Waals surface area (Å²) in [6.07, 6.45) is 4.51.